The smallest absolute Gasteiger partial charge is 0.154 e. The highest BCUT2D eigenvalue weighted by molar-refractivity contribution is 7.92. The number of hydrogen-bond acceptors (Lipinski definition) is 5. The largest absolute Gasteiger partial charge is 0.309 e. The highest BCUT2D eigenvalue weighted by Gasteiger charge is 2.30. The van der Waals surface area contributed by atoms with Crippen LogP contribution in [0.4, 0.5) is 0 Å². The number of rotatable bonds is 6. The molecule has 0 aliphatic carbocycles. The van der Waals surface area contributed by atoms with Gasteiger partial charge in [0.2, 0.25) is 0 Å². The number of hydrogen-bond donors (Lipinski definition) is 1. The number of aryl methyl sites for hydroxylation is 1. The fourth-order valence-corrected chi connectivity index (χ4v) is 4.06. The number of nitrogens with one attached hydrogen (secondary N) is 1. The molecule has 0 bridgehead atoms. The minimum Gasteiger partial charge on any atom is -0.309 e. The first kappa shape index (κ1) is 13.5. The van der Waals surface area contributed by atoms with E-state index in [-0.39, 0.29) is 5.25 Å². The van der Waals surface area contributed by atoms with E-state index < -0.39 is 9.84 Å². The SMILES string of the molecule is CCCn1ncnc1CNCC1CCCS1(=O)=O. The third kappa shape index (κ3) is 3.08. The molecule has 2 heterocycles. The molecule has 0 aromatic carbocycles. The summed E-state index contributed by atoms with van der Waals surface area (Å²) in [5, 5.41) is 7.09. The lowest BCUT2D eigenvalue weighted by Gasteiger charge is -2.10. The van der Waals surface area contributed by atoms with Crippen molar-refractivity contribution in [2.24, 2.45) is 0 Å². The fraction of sp³-hybridized carbons (Fsp3) is 0.818. The van der Waals surface area contributed by atoms with Crippen molar-refractivity contribution in [1.82, 2.24) is 20.1 Å². The molecule has 1 aliphatic heterocycles. The van der Waals surface area contributed by atoms with Crippen molar-refractivity contribution in [3.8, 4) is 0 Å². The Morgan fingerprint density at radius 3 is 3.06 bits per heavy atom. The van der Waals surface area contributed by atoms with E-state index in [0.29, 0.717) is 18.8 Å². The molecule has 1 unspecified atom stereocenters. The van der Waals surface area contributed by atoms with Crippen LogP contribution in [-0.2, 0) is 22.9 Å². The van der Waals surface area contributed by atoms with Crippen LogP contribution < -0.4 is 5.32 Å². The molecule has 1 atom stereocenters. The molecule has 1 fully saturated rings. The molecule has 1 N–H and O–H groups in total. The van der Waals surface area contributed by atoms with Crippen LogP contribution in [0.15, 0.2) is 6.33 Å². The van der Waals surface area contributed by atoms with Crippen molar-refractivity contribution in [3.63, 3.8) is 0 Å². The maximum absolute atomic E-state index is 11.7. The average Bonchev–Trinajstić information content (AvgIpc) is 2.88. The van der Waals surface area contributed by atoms with Crippen LogP contribution in [0.3, 0.4) is 0 Å². The molecular formula is C11H20N4O2S. The summed E-state index contributed by atoms with van der Waals surface area (Å²) in [6.07, 6.45) is 4.12. The Balaban J connectivity index is 1.83. The van der Waals surface area contributed by atoms with Gasteiger partial charge in [-0.15, -0.1) is 0 Å². The molecule has 1 aliphatic rings. The second-order valence-electron chi connectivity index (χ2n) is 4.66. The summed E-state index contributed by atoms with van der Waals surface area (Å²) in [5.74, 6) is 1.21. The predicted molar refractivity (Wildman–Crippen MR) is 68.8 cm³/mol. The van der Waals surface area contributed by atoms with Crippen molar-refractivity contribution >= 4 is 9.84 Å². The van der Waals surface area contributed by atoms with E-state index in [4.69, 9.17) is 0 Å². The van der Waals surface area contributed by atoms with Crippen molar-refractivity contribution in [3.05, 3.63) is 12.2 Å². The van der Waals surface area contributed by atoms with Crippen LogP contribution in [0.5, 0.6) is 0 Å². The normalized spacial score (nSPS) is 22.4. The Hall–Kier alpha value is -0.950. The molecule has 0 spiro atoms. The quantitative estimate of drug-likeness (QED) is 0.809. The summed E-state index contributed by atoms with van der Waals surface area (Å²) in [6.45, 7) is 4.02. The number of aromatic nitrogens is 3. The molecule has 1 aromatic rings. The summed E-state index contributed by atoms with van der Waals surface area (Å²) < 4.78 is 25.2. The molecule has 0 amide bonds. The molecule has 0 radical (unpaired) electrons. The van der Waals surface area contributed by atoms with Crippen LogP contribution in [0.2, 0.25) is 0 Å². The van der Waals surface area contributed by atoms with E-state index in [9.17, 15) is 8.42 Å². The lowest BCUT2D eigenvalue weighted by Crippen LogP contribution is -2.31. The summed E-state index contributed by atoms with van der Waals surface area (Å²) in [6, 6.07) is 0. The monoisotopic (exact) mass is 272 g/mol. The van der Waals surface area contributed by atoms with E-state index in [1.807, 2.05) is 4.68 Å². The Bertz CT molecular complexity index is 483. The predicted octanol–water partition coefficient (Wildman–Crippen LogP) is 0.355. The molecule has 7 heteroatoms. The van der Waals surface area contributed by atoms with Gasteiger partial charge in [0.15, 0.2) is 9.84 Å². The van der Waals surface area contributed by atoms with Gasteiger partial charge < -0.3 is 5.32 Å². The third-order valence-corrected chi connectivity index (χ3v) is 5.52. The molecule has 2 rings (SSSR count). The first-order valence-electron chi connectivity index (χ1n) is 6.42. The van der Waals surface area contributed by atoms with Gasteiger partial charge in [-0.3, -0.25) is 0 Å². The lowest BCUT2D eigenvalue weighted by molar-refractivity contribution is 0.532. The zero-order valence-electron chi connectivity index (χ0n) is 10.7. The Labute approximate surface area is 108 Å². The molecule has 1 aromatic heterocycles. The summed E-state index contributed by atoms with van der Waals surface area (Å²) in [5.41, 5.74) is 0. The minimum atomic E-state index is -2.85. The van der Waals surface area contributed by atoms with Crippen molar-refractivity contribution < 1.29 is 8.42 Å². The van der Waals surface area contributed by atoms with E-state index in [0.717, 1.165) is 31.6 Å². The second kappa shape index (κ2) is 5.79. The summed E-state index contributed by atoms with van der Waals surface area (Å²) >= 11 is 0. The zero-order valence-corrected chi connectivity index (χ0v) is 11.5. The van der Waals surface area contributed by atoms with E-state index >= 15 is 0 Å². The van der Waals surface area contributed by atoms with Gasteiger partial charge in [-0.2, -0.15) is 5.10 Å². The lowest BCUT2D eigenvalue weighted by atomic mass is 10.2. The van der Waals surface area contributed by atoms with Crippen molar-refractivity contribution in [2.45, 2.75) is 44.5 Å². The highest BCUT2D eigenvalue weighted by atomic mass is 32.2. The Morgan fingerprint density at radius 2 is 2.39 bits per heavy atom. The zero-order chi connectivity index (χ0) is 13.0. The van der Waals surface area contributed by atoms with E-state index in [2.05, 4.69) is 22.3 Å². The first-order valence-corrected chi connectivity index (χ1v) is 8.14. The highest BCUT2D eigenvalue weighted by Crippen LogP contribution is 2.19. The van der Waals surface area contributed by atoms with Gasteiger partial charge in [-0.05, 0) is 19.3 Å². The van der Waals surface area contributed by atoms with Crippen LogP contribution in [-0.4, -0.2) is 40.7 Å². The fourth-order valence-electron chi connectivity index (χ4n) is 2.26. The summed E-state index contributed by atoms with van der Waals surface area (Å²) in [4.78, 5) is 4.18. The van der Waals surface area contributed by atoms with Gasteiger partial charge in [0.1, 0.15) is 12.2 Å². The van der Waals surface area contributed by atoms with Crippen molar-refractivity contribution in [1.29, 1.82) is 0 Å². The van der Waals surface area contributed by atoms with Gasteiger partial charge in [0.05, 0.1) is 17.5 Å². The van der Waals surface area contributed by atoms with Crippen LogP contribution in [0, 0.1) is 0 Å². The van der Waals surface area contributed by atoms with Gasteiger partial charge >= 0.3 is 0 Å². The molecular weight excluding hydrogens is 252 g/mol. The second-order valence-corrected chi connectivity index (χ2v) is 7.06. The number of nitrogens with zero attached hydrogens (tertiary/aromatic N) is 3. The molecule has 102 valence electrons. The minimum absolute atomic E-state index is 0.222. The maximum Gasteiger partial charge on any atom is 0.154 e. The summed E-state index contributed by atoms with van der Waals surface area (Å²) in [7, 11) is -2.85. The Morgan fingerprint density at radius 1 is 1.56 bits per heavy atom. The van der Waals surface area contributed by atoms with Gasteiger partial charge in [0, 0.05) is 13.1 Å². The topological polar surface area (TPSA) is 76.9 Å². The molecule has 1 saturated heterocycles. The Kier molecular flexibility index (Phi) is 4.34. The molecule has 18 heavy (non-hydrogen) atoms. The first-order chi connectivity index (χ1) is 8.63. The van der Waals surface area contributed by atoms with Crippen molar-refractivity contribution in [2.75, 3.05) is 12.3 Å². The van der Waals surface area contributed by atoms with E-state index in [1.165, 1.54) is 0 Å². The van der Waals surface area contributed by atoms with Crippen LogP contribution in [0.25, 0.3) is 0 Å². The van der Waals surface area contributed by atoms with E-state index in [1.54, 1.807) is 6.33 Å². The maximum atomic E-state index is 11.7. The van der Waals surface area contributed by atoms with Crippen LogP contribution in [0.1, 0.15) is 32.0 Å². The van der Waals surface area contributed by atoms with Crippen LogP contribution >= 0.6 is 0 Å². The number of sulfone groups is 1. The standard InChI is InChI=1S/C11H20N4O2S/c1-2-5-15-11(13-9-14-15)8-12-7-10-4-3-6-18(10,16)17/h9-10,12H,2-8H2,1H3. The molecule has 6 nitrogen and oxygen atoms in total. The van der Waals surface area contributed by atoms with Gasteiger partial charge in [0.25, 0.3) is 0 Å². The van der Waals surface area contributed by atoms with Gasteiger partial charge in [-0.25, -0.2) is 18.1 Å². The molecule has 0 saturated carbocycles. The van der Waals surface area contributed by atoms with Gasteiger partial charge in [-0.1, -0.05) is 6.92 Å². The average molecular weight is 272 g/mol. The third-order valence-electron chi connectivity index (χ3n) is 3.25.